The molecule has 0 aliphatic heterocycles. The molecule has 6 heteroatoms. The first-order valence-electron chi connectivity index (χ1n) is 8.36. The van der Waals surface area contributed by atoms with Crippen LogP contribution < -0.4 is 10.0 Å². The van der Waals surface area contributed by atoms with Crippen molar-refractivity contribution in [1.82, 2.24) is 4.72 Å². The molecule has 2 aromatic carbocycles. The predicted octanol–water partition coefficient (Wildman–Crippen LogP) is 3.64. The van der Waals surface area contributed by atoms with E-state index in [-0.39, 0.29) is 16.8 Å². The Morgan fingerprint density at radius 1 is 1.04 bits per heavy atom. The highest BCUT2D eigenvalue weighted by Crippen LogP contribution is 2.15. The van der Waals surface area contributed by atoms with Gasteiger partial charge in [0.2, 0.25) is 15.9 Å². The minimum atomic E-state index is -3.54. The summed E-state index contributed by atoms with van der Waals surface area (Å²) in [6.45, 7) is 7.53. The average Bonchev–Trinajstić information content (AvgIpc) is 2.53. The van der Waals surface area contributed by atoms with Crippen LogP contribution in [0.15, 0.2) is 53.4 Å². The lowest BCUT2D eigenvalue weighted by Crippen LogP contribution is -2.30. The van der Waals surface area contributed by atoms with Crippen molar-refractivity contribution < 1.29 is 13.2 Å². The van der Waals surface area contributed by atoms with E-state index in [0.717, 1.165) is 11.1 Å². The lowest BCUT2D eigenvalue weighted by atomic mass is 10.1. The normalized spacial score (nSPS) is 11.9. The van der Waals surface area contributed by atoms with Gasteiger partial charge in [0.05, 0.1) is 4.90 Å². The number of amides is 1. The third-order valence-electron chi connectivity index (χ3n) is 3.66. The van der Waals surface area contributed by atoms with Crippen LogP contribution in [0.3, 0.4) is 0 Å². The maximum absolute atomic E-state index is 12.1. The number of carbonyl (C=O) groups excluding carboxylic acids is 1. The molecule has 2 aromatic rings. The van der Waals surface area contributed by atoms with Crippen LogP contribution in [-0.4, -0.2) is 20.4 Å². The summed E-state index contributed by atoms with van der Waals surface area (Å²) in [6, 6.07) is 11.9. The summed E-state index contributed by atoms with van der Waals surface area (Å²) in [6.07, 6.45) is 3.22. The SMILES string of the molecule is Cc1ccc(/C=C/C(=O)Nc2ccc(S(=O)(=O)NC(C)C)cc2)c(C)c1. The van der Waals surface area contributed by atoms with Gasteiger partial charge in [0.1, 0.15) is 0 Å². The standard InChI is InChI=1S/C20H24N2O3S/c1-14(2)22-26(24,25)19-10-8-18(9-11-19)21-20(23)12-7-17-6-5-15(3)13-16(17)4/h5-14,22H,1-4H3,(H,21,23)/b12-7+. The molecule has 1 amide bonds. The number of anilines is 1. The molecule has 0 aliphatic carbocycles. The zero-order valence-corrected chi connectivity index (χ0v) is 16.2. The van der Waals surface area contributed by atoms with E-state index in [9.17, 15) is 13.2 Å². The number of sulfonamides is 1. The molecule has 0 fully saturated rings. The van der Waals surface area contributed by atoms with Crippen molar-refractivity contribution >= 4 is 27.7 Å². The Bertz CT molecular complexity index is 915. The van der Waals surface area contributed by atoms with Gasteiger partial charge < -0.3 is 5.32 Å². The molecule has 138 valence electrons. The molecule has 0 aliphatic rings. The first kappa shape index (κ1) is 19.9. The highest BCUT2D eigenvalue weighted by atomic mass is 32.2. The van der Waals surface area contributed by atoms with Gasteiger partial charge in [-0.1, -0.05) is 23.8 Å². The number of nitrogens with one attached hydrogen (secondary N) is 2. The van der Waals surface area contributed by atoms with Gasteiger partial charge >= 0.3 is 0 Å². The largest absolute Gasteiger partial charge is 0.323 e. The molecular formula is C20H24N2O3S. The van der Waals surface area contributed by atoms with Crippen LogP contribution in [0.2, 0.25) is 0 Å². The Kier molecular flexibility index (Phi) is 6.34. The predicted molar refractivity (Wildman–Crippen MR) is 105 cm³/mol. The molecule has 0 saturated carbocycles. The van der Waals surface area contributed by atoms with Gasteiger partial charge in [0.25, 0.3) is 0 Å². The Morgan fingerprint density at radius 2 is 1.69 bits per heavy atom. The van der Waals surface area contributed by atoms with Gasteiger partial charge in [0, 0.05) is 17.8 Å². The van der Waals surface area contributed by atoms with Crippen molar-refractivity contribution in [2.45, 2.75) is 38.6 Å². The molecule has 2 N–H and O–H groups in total. The highest BCUT2D eigenvalue weighted by Gasteiger charge is 2.14. The number of hydrogen-bond donors (Lipinski definition) is 2. The van der Waals surface area contributed by atoms with E-state index in [1.807, 2.05) is 26.0 Å². The third kappa shape index (κ3) is 5.54. The number of carbonyl (C=O) groups is 1. The molecule has 2 rings (SSSR count). The van der Waals surface area contributed by atoms with Crippen molar-refractivity contribution in [2.24, 2.45) is 0 Å². The van der Waals surface area contributed by atoms with E-state index in [1.165, 1.54) is 23.8 Å². The van der Waals surface area contributed by atoms with Crippen LogP contribution in [0.5, 0.6) is 0 Å². The van der Waals surface area contributed by atoms with Crippen molar-refractivity contribution in [3.63, 3.8) is 0 Å². The number of aryl methyl sites for hydroxylation is 2. The van der Waals surface area contributed by atoms with Crippen molar-refractivity contribution in [3.05, 3.63) is 65.2 Å². The Morgan fingerprint density at radius 3 is 2.27 bits per heavy atom. The number of hydrogen-bond acceptors (Lipinski definition) is 3. The van der Waals surface area contributed by atoms with Crippen molar-refractivity contribution in [3.8, 4) is 0 Å². The van der Waals surface area contributed by atoms with E-state index in [1.54, 1.807) is 32.1 Å². The van der Waals surface area contributed by atoms with Gasteiger partial charge in [-0.25, -0.2) is 13.1 Å². The fourth-order valence-electron chi connectivity index (χ4n) is 2.46. The second-order valence-corrected chi connectivity index (χ2v) is 8.20. The summed E-state index contributed by atoms with van der Waals surface area (Å²) in [5, 5.41) is 2.72. The minimum Gasteiger partial charge on any atom is -0.323 e. The van der Waals surface area contributed by atoms with Gasteiger partial charge in [-0.05, 0) is 69.2 Å². The lowest BCUT2D eigenvalue weighted by molar-refractivity contribution is -0.111. The van der Waals surface area contributed by atoms with Crippen LogP contribution >= 0.6 is 0 Å². The van der Waals surface area contributed by atoms with Crippen molar-refractivity contribution in [1.29, 1.82) is 0 Å². The second kappa shape index (κ2) is 8.29. The Balaban J connectivity index is 2.04. The van der Waals surface area contributed by atoms with Crippen molar-refractivity contribution in [2.75, 3.05) is 5.32 Å². The smallest absolute Gasteiger partial charge is 0.248 e. The molecule has 0 spiro atoms. The summed E-state index contributed by atoms with van der Waals surface area (Å²) in [5.74, 6) is -0.277. The fraction of sp³-hybridized carbons (Fsp3) is 0.250. The molecule has 0 unspecified atom stereocenters. The summed E-state index contributed by atoms with van der Waals surface area (Å²) < 4.78 is 26.7. The van der Waals surface area contributed by atoms with Crippen LogP contribution in [-0.2, 0) is 14.8 Å². The molecule has 0 aromatic heterocycles. The van der Waals surface area contributed by atoms with Crippen LogP contribution in [0, 0.1) is 13.8 Å². The zero-order valence-electron chi connectivity index (χ0n) is 15.4. The van der Waals surface area contributed by atoms with E-state index in [2.05, 4.69) is 16.1 Å². The van der Waals surface area contributed by atoms with Gasteiger partial charge in [-0.3, -0.25) is 4.79 Å². The number of rotatable bonds is 6. The number of benzene rings is 2. The first-order chi connectivity index (χ1) is 12.2. The fourth-order valence-corrected chi connectivity index (χ4v) is 3.71. The van der Waals surface area contributed by atoms with Gasteiger partial charge in [0.15, 0.2) is 0 Å². The summed E-state index contributed by atoms with van der Waals surface area (Å²) >= 11 is 0. The highest BCUT2D eigenvalue weighted by molar-refractivity contribution is 7.89. The minimum absolute atomic E-state index is 0.162. The van der Waals surface area contributed by atoms with Crippen LogP contribution in [0.25, 0.3) is 6.08 Å². The third-order valence-corrected chi connectivity index (χ3v) is 5.34. The van der Waals surface area contributed by atoms with Crippen LogP contribution in [0.4, 0.5) is 5.69 Å². The van der Waals surface area contributed by atoms with E-state index in [4.69, 9.17) is 0 Å². The monoisotopic (exact) mass is 372 g/mol. The van der Waals surface area contributed by atoms with E-state index in [0.29, 0.717) is 5.69 Å². The summed E-state index contributed by atoms with van der Waals surface area (Å²) in [5.41, 5.74) is 3.78. The quantitative estimate of drug-likeness (QED) is 0.760. The van der Waals surface area contributed by atoms with Gasteiger partial charge in [-0.2, -0.15) is 0 Å². The Hall–Kier alpha value is -2.44. The average molecular weight is 372 g/mol. The Labute approximate surface area is 155 Å². The molecule has 0 radical (unpaired) electrons. The molecule has 0 heterocycles. The van der Waals surface area contributed by atoms with E-state index < -0.39 is 10.0 Å². The first-order valence-corrected chi connectivity index (χ1v) is 9.84. The van der Waals surface area contributed by atoms with Crippen LogP contribution in [0.1, 0.15) is 30.5 Å². The van der Waals surface area contributed by atoms with E-state index >= 15 is 0 Å². The summed E-state index contributed by atoms with van der Waals surface area (Å²) in [7, 11) is -3.54. The molecule has 0 atom stereocenters. The van der Waals surface area contributed by atoms with Gasteiger partial charge in [-0.15, -0.1) is 0 Å². The molecular weight excluding hydrogens is 348 g/mol. The topological polar surface area (TPSA) is 75.3 Å². The second-order valence-electron chi connectivity index (χ2n) is 6.48. The summed E-state index contributed by atoms with van der Waals surface area (Å²) in [4.78, 5) is 12.2. The maximum atomic E-state index is 12.1. The molecule has 26 heavy (non-hydrogen) atoms. The molecule has 0 bridgehead atoms. The zero-order chi connectivity index (χ0) is 19.3. The maximum Gasteiger partial charge on any atom is 0.248 e. The molecule has 0 saturated heterocycles. The lowest BCUT2D eigenvalue weighted by Gasteiger charge is -2.10. The molecule has 5 nitrogen and oxygen atoms in total.